The van der Waals surface area contributed by atoms with Crippen molar-refractivity contribution in [3.05, 3.63) is 46.6 Å². The van der Waals surface area contributed by atoms with E-state index in [1.165, 1.54) is 0 Å². The minimum Gasteiger partial charge on any atom is -0.298 e. The number of aromatic nitrogens is 1. The van der Waals surface area contributed by atoms with Gasteiger partial charge in [-0.05, 0) is 36.8 Å². The van der Waals surface area contributed by atoms with Crippen LogP contribution in [0.15, 0.2) is 36.0 Å². The summed E-state index contributed by atoms with van der Waals surface area (Å²) >= 11 is 6.07. The van der Waals surface area contributed by atoms with Gasteiger partial charge in [-0.25, -0.2) is 0 Å². The molecule has 1 aromatic heterocycles. The number of aldehydes is 1. The van der Waals surface area contributed by atoms with Crippen molar-refractivity contribution in [1.29, 1.82) is 0 Å². The van der Waals surface area contributed by atoms with Crippen LogP contribution >= 0.6 is 11.6 Å². The van der Waals surface area contributed by atoms with Crippen molar-refractivity contribution < 1.29 is 4.79 Å². The molecular weight excluding hydrogens is 222 g/mol. The van der Waals surface area contributed by atoms with Gasteiger partial charge in [-0.1, -0.05) is 17.7 Å². The molecule has 0 fully saturated rings. The molecule has 0 aliphatic rings. The van der Waals surface area contributed by atoms with Gasteiger partial charge in [0, 0.05) is 17.1 Å². The highest BCUT2D eigenvalue weighted by atomic mass is 35.5. The lowest BCUT2D eigenvalue weighted by molar-refractivity contribution is -0.104. The summed E-state index contributed by atoms with van der Waals surface area (Å²) in [5.74, 6) is 0. The predicted octanol–water partition coefficient (Wildman–Crippen LogP) is 3.49. The molecule has 0 spiro atoms. The Labute approximate surface area is 98.6 Å². The molecule has 0 saturated carbocycles. The van der Waals surface area contributed by atoms with E-state index in [2.05, 4.69) is 4.98 Å². The van der Waals surface area contributed by atoms with Gasteiger partial charge in [0.05, 0.1) is 10.5 Å². The molecule has 0 aliphatic carbocycles. The Kier molecular flexibility index (Phi) is 3.02. The number of rotatable bonds is 2. The molecule has 0 amide bonds. The standard InChI is InChI=1S/C13H10ClNO/c1-9(8-16)7-10-4-5-12(14)11-3-2-6-15-13(10)11/h2-8H,1H3/b9-7-. The van der Waals surface area contributed by atoms with E-state index in [1.807, 2.05) is 24.3 Å². The van der Waals surface area contributed by atoms with Gasteiger partial charge in [0.15, 0.2) is 0 Å². The highest BCUT2D eigenvalue weighted by molar-refractivity contribution is 6.35. The second kappa shape index (κ2) is 4.45. The van der Waals surface area contributed by atoms with Gasteiger partial charge >= 0.3 is 0 Å². The number of halogens is 1. The predicted molar refractivity (Wildman–Crippen MR) is 66.5 cm³/mol. The summed E-state index contributed by atoms with van der Waals surface area (Å²) in [5, 5.41) is 1.57. The van der Waals surface area contributed by atoms with Crippen LogP contribution in [0.25, 0.3) is 17.0 Å². The molecule has 0 saturated heterocycles. The number of carbonyl (C=O) groups is 1. The van der Waals surface area contributed by atoms with Gasteiger partial charge in [-0.15, -0.1) is 0 Å². The molecule has 80 valence electrons. The van der Waals surface area contributed by atoms with Crippen LogP contribution < -0.4 is 0 Å². The second-order valence-electron chi connectivity index (χ2n) is 3.54. The molecule has 2 nitrogen and oxygen atoms in total. The minimum absolute atomic E-state index is 0.661. The third kappa shape index (κ3) is 1.97. The average Bonchev–Trinajstić information content (AvgIpc) is 2.33. The maximum atomic E-state index is 10.6. The van der Waals surface area contributed by atoms with Gasteiger partial charge in [-0.2, -0.15) is 0 Å². The van der Waals surface area contributed by atoms with Crippen LogP contribution in [-0.4, -0.2) is 11.3 Å². The van der Waals surface area contributed by atoms with E-state index in [4.69, 9.17) is 11.6 Å². The number of nitrogens with zero attached hydrogens (tertiary/aromatic N) is 1. The number of allylic oxidation sites excluding steroid dienone is 1. The summed E-state index contributed by atoms with van der Waals surface area (Å²) in [6, 6.07) is 7.44. The number of pyridine rings is 1. The molecule has 1 aromatic carbocycles. The Hall–Kier alpha value is -1.67. The first kappa shape index (κ1) is 10.8. The van der Waals surface area contributed by atoms with Crippen molar-refractivity contribution in [1.82, 2.24) is 4.98 Å². The Morgan fingerprint density at radius 3 is 2.94 bits per heavy atom. The van der Waals surface area contributed by atoms with E-state index in [0.29, 0.717) is 10.6 Å². The molecule has 1 heterocycles. The van der Waals surface area contributed by atoms with Crippen LogP contribution in [0, 0.1) is 0 Å². The molecule has 16 heavy (non-hydrogen) atoms. The number of benzene rings is 1. The molecule has 0 unspecified atom stereocenters. The van der Waals surface area contributed by atoms with Crippen molar-refractivity contribution in [3.8, 4) is 0 Å². The molecule has 2 rings (SSSR count). The van der Waals surface area contributed by atoms with Crippen LogP contribution in [0.4, 0.5) is 0 Å². The molecule has 0 radical (unpaired) electrons. The van der Waals surface area contributed by atoms with Crippen molar-refractivity contribution in [2.24, 2.45) is 0 Å². The number of hydrogen-bond donors (Lipinski definition) is 0. The van der Waals surface area contributed by atoms with Crippen molar-refractivity contribution in [2.75, 3.05) is 0 Å². The fourth-order valence-corrected chi connectivity index (χ4v) is 1.77. The van der Waals surface area contributed by atoms with Crippen molar-refractivity contribution >= 4 is 34.9 Å². The van der Waals surface area contributed by atoms with E-state index in [9.17, 15) is 4.79 Å². The third-order valence-corrected chi connectivity index (χ3v) is 2.65. The van der Waals surface area contributed by atoms with Crippen LogP contribution in [0.2, 0.25) is 5.02 Å². The van der Waals surface area contributed by atoms with E-state index in [-0.39, 0.29) is 0 Å². The van der Waals surface area contributed by atoms with Crippen LogP contribution in [0.5, 0.6) is 0 Å². The van der Waals surface area contributed by atoms with E-state index in [0.717, 1.165) is 22.8 Å². The summed E-state index contributed by atoms with van der Waals surface area (Å²) in [4.78, 5) is 14.9. The summed E-state index contributed by atoms with van der Waals surface area (Å²) in [7, 11) is 0. The molecule has 0 aliphatic heterocycles. The van der Waals surface area contributed by atoms with Crippen LogP contribution in [-0.2, 0) is 4.79 Å². The zero-order valence-electron chi connectivity index (χ0n) is 8.77. The Morgan fingerprint density at radius 2 is 2.19 bits per heavy atom. The zero-order valence-corrected chi connectivity index (χ0v) is 9.53. The first-order valence-electron chi connectivity index (χ1n) is 4.89. The van der Waals surface area contributed by atoms with Crippen LogP contribution in [0.1, 0.15) is 12.5 Å². The number of carbonyl (C=O) groups excluding carboxylic acids is 1. The molecule has 0 bridgehead atoms. The lowest BCUT2D eigenvalue weighted by atomic mass is 10.1. The van der Waals surface area contributed by atoms with Gasteiger partial charge in [-0.3, -0.25) is 9.78 Å². The van der Waals surface area contributed by atoms with Crippen LogP contribution in [0.3, 0.4) is 0 Å². The van der Waals surface area contributed by atoms with E-state index < -0.39 is 0 Å². The first-order chi connectivity index (χ1) is 7.72. The number of hydrogen-bond acceptors (Lipinski definition) is 2. The summed E-state index contributed by atoms with van der Waals surface area (Å²) in [6.45, 7) is 1.76. The molecule has 2 aromatic rings. The Morgan fingerprint density at radius 1 is 1.38 bits per heavy atom. The monoisotopic (exact) mass is 231 g/mol. The minimum atomic E-state index is 0.661. The Bertz CT molecular complexity index is 575. The van der Waals surface area contributed by atoms with Gasteiger partial charge in [0.1, 0.15) is 6.29 Å². The molecule has 0 N–H and O–H groups in total. The Balaban J connectivity index is 2.72. The summed E-state index contributed by atoms with van der Waals surface area (Å²) in [5.41, 5.74) is 2.38. The SMILES string of the molecule is C/C(C=O)=C/c1ccc(Cl)c2cccnc12. The largest absolute Gasteiger partial charge is 0.298 e. The second-order valence-corrected chi connectivity index (χ2v) is 3.95. The quantitative estimate of drug-likeness (QED) is 0.585. The zero-order chi connectivity index (χ0) is 11.5. The first-order valence-corrected chi connectivity index (χ1v) is 5.27. The lowest BCUT2D eigenvalue weighted by Crippen LogP contribution is -1.85. The van der Waals surface area contributed by atoms with E-state index >= 15 is 0 Å². The van der Waals surface area contributed by atoms with Gasteiger partial charge in [0.25, 0.3) is 0 Å². The maximum Gasteiger partial charge on any atom is 0.145 e. The smallest absolute Gasteiger partial charge is 0.145 e. The lowest BCUT2D eigenvalue weighted by Gasteiger charge is -2.03. The summed E-state index contributed by atoms with van der Waals surface area (Å²) in [6.07, 6.45) is 4.34. The van der Waals surface area contributed by atoms with Crippen molar-refractivity contribution in [2.45, 2.75) is 6.92 Å². The fourth-order valence-electron chi connectivity index (χ4n) is 1.56. The molecule has 0 atom stereocenters. The fraction of sp³-hybridized carbons (Fsp3) is 0.0769. The molecular formula is C13H10ClNO. The molecule has 3 heteroatoms. The van der Waals surface area contributed by atoms with Gasteiger partial charge in [0.2, 0.25) is 0 Å². The van der Waals surface area contributed by atoms with E-state index in [1.54, 1.807) is 19.2 Å². The highest BCUT2D eigenvalue weighted by Crippen LogP contribution is 2.25. The van der Waals surface area contributed by atoms with Crippen molar-refractivity contribution in [3.63, 3.8) is 0 Å². The topological polar surface area (TPSA) is 30.0 Å². The average molecular weight is 232 g/mol. The maximum absolute atomic E-state index is 10.6. The normalized spacial score (nSPS) is 11.8. The summed E-state index contributed by atoms with van der Waals surface area (Å²) < 4.78 is 0. The highest BCUT2D eigenvalue weighted by Gasteiger charge is 2.03. The van der Waals surface area contributed by atoms with Gasteiger partial charge < -0.3 is 0 Å². The third-order valence-electron chi connectivity index (χ3n) is 2.32. The number of fused-ring (bicyclic) bond motifs is 1.